The second kappa shape index (κ2) is 11.3. The summed E-state index contributed by atoms with van der Waals surface area (Å²) in [6, 6.07) is 2.83. The normalized spacial score (nSPS) is 15.6. The lowest BCUT2D eigenvalue weighted by molar-refractivity contribution is -0.127. The molecule has 34 heavy (non-hydrogen) atoms. The lowest BCUT2D eigenvalue weighted by Crippen LogP contribution is -2.49. The Bertz CT molecular complexity index is 996. The minimum atomic E-state index is -0.852. The van der Waals surface area contributed by atoms with Crippen LogP contribution in [0.2, 0.25) is 0 Å². The van der Waals surface area contributed by atoms with Gasteiger partial charge < -0.3 is 26.4 Å². The maximum atomic E-state index is 13.7. The second-order valence-electron chi connectivity index (χ2n) is 9.10. The molecule has 1 saturated heterocycles. The number of nitrogens with one attached hydrogen (secondary N) is 1. The maximum Gasteiger partial charge on any atom is 0.270 e. The van der Waals surface area contributed by atoms with Crippen LogP contribution in [0.15, 0.2) is 17.5 Å². The number of nitrogens with zero attached hydrogens (tertiary/aromatic N) is 3. The number of anilines is 1. The van der Waals surface area contributed by atoms with Crippen LogP contribution in [0.3, 0.4) is 0 Å². The Morgan fingerprint density at radius 1 is 1.29 bits per heavy atom. The molecule has 1 aliphatic rings. The fourth-order valence-electron chi connectivity index (χ4n) is 3.71. The molecule has 3 rings (SSSR count). The Hall–Kier alpha value is -2.54. The SMILES string of the molecule is CC(C)(C)NC(=O)C(c1cccs1)N(CCCN1CCOCC1)C(=O)c1snc(C(N)=O)c1N. The van der Waals surface area contributed by atoms with E-state index < -0.39 is 23.4 Å². The van der Waals surface area contributed by atoms with Crippen molar-refractivity contribution in [3.8, 4) is 0 Å². The number of carbonyl (C=O) groups is 3. The fourth-order valence-corrected chi connectivity index (χ4v) is 5.30. The zero-order valence-electron chi connectivity index (χ0n) is 19.7. The van der Waals surface area contributed by atoms with Gasteiger partial charge in [0.15, 0.2) is 5.69 Å². The maximum absolute atomic E-state index is 13.7. The van der Waals surface area contributed by atoms with Crippen molar-refractivity contribution in [2.45, 2.75) is 38.8 Å². The number of ether oxygens (including phenoxy) is 1. The molecule has 0 saturated carbocycles. The minimum absolute atomic E-state index is 0.0539. The van der Waals surface area contributed by atoms with Crippen molar-refractivity contribution in [1.82, 2.24) is 19.5 Å². The summed E-state index contributed by atoms with van der Waals surface area (Å²) in [6.45, 7) is 9.77. The molecule has 5 N–H and O–H groups in total. The van der Waals surface area contributed by atoms with E-state index in [1.54, 1.807) is 0 Å². The fraction of sp³-hybridized carbons (Fsp3) is 0.545. The highest BCUT2D eigenvalue weighted by Gasteiger charge is 2.36. The zero-order valence-corrected chi connectivity index (χ0v) is 21.3. The summed E-state index contributed by atoms with van der Waals surface area (Å²) in [5.41, 5.74) is 10.7. The molecule has 10 nitrogen and oxygen atoms in total. The van der Waals surface area contributed by atoms with Crippen molar-refractivity contribution in [1.29, 1.82) is 0 Å². The van der Waals surface area contributed by atoms with Gasteiger partial charge in [-0.15, -0.1) is 11.3 Å². The molecule has 1 unspecified atom stereocenters. The highest BCUT2D eigenvalue weighted by molar-refractivity contribution is 7.10. The van der Waals surface area contributed by atoms with Gasteiger partial charge in [-0.3, -0.25) is 19.3 Å². The van der Waals surface area contributed by atoms with Gasteiger partial charge in [0.25, 0.3) is 11.8 Å². The van der Waals surface area contributed by atoms with Crippen LogP contribution < -0.4 is 16.8 Å². The first-order valence-electron chi connectivity index (χ1n) is 11.1. The van der Waals surface area contributed by atoms with Crippen LogP contribution in [-0.2, 0) is 9.53 Å². The average molecular weight is 509 g/mol. The number of amides is 3. The van der Waals surface area contributed by atoms with E-state index in [-0.39, 0.29) is 22.2 Å². The van der Waals surface area contributed by atoms with Gasteiger partial charge in [-0.25, -0.2) is 0 Å². The number of hydrogen-bond donors (Lipinski definition) is 3. The number of primary amides is 1. The van der Waals surface area contributed by atoms with Crippen LogP contribution in [-0.4, -0.2) is 76.8 Å². The third kappa shape index (κ3) is 6.53. The minimum Gasteiger partial charge on any atom is -0.395 e. The Morgan fingerprint density at radius 2 is 2.00 bits per heavy atom. The van der Waals surface area contributed by atoms with Gasteiger partial charge in [0.05, 0.1) is 18.9 Å². The first-order valence-corrected chi connectivity index (χ1v) is 12.7. The van der Waals surface area contributed by atoms with Gasteiger partial charge in [0, 0.05) is 36.6 Å². The largest absolute Gasteiger partial charge is 0.395 e. The van der Waals surface area contributed by atoms with Crippen molar-refractivity contribution in [3.63, 3.8) is 0 Å². The van der Waals surface area contributed by atoms with Crippen molar-refractivity contribution in [2.24, 2.45) is 5.73 Å². The molecule has 2 aromatic heterocycles. The number of nitrogens with two attached hydrogens (primary N) is 2. The van der Waals surface area contributed by atoms with E-state index in [1.807, 2.05) is 38.3 Å². The Kier molecular flexibility index (Phi) is 8.63. The molecule has 0 aromatic carbocycles. The van der Waals surface area contributed by atoms with Gasteiger partial charge in [-0.05, 0) is 50.2 Å². The van der Waals surface area contributed by atoms with Gasteiger partial charge in [-0.1, -0.05) is 6.07 Å². The third-order valence-corrected chi connectivity index (χ3v) is 7.04. The first-order chi connectivity index (χ1) is 16.1. The molecule has 1 aliphatic heterocycles. The predicted octanol–water partition coefficient (Wildman–Crippen LogP) is 1.71. The molecule has 0 bridgehead atoms. The molecule has 1 fully saturated rings. The van der Waals surface area contributed by atoms with Crippen LogP contribution in [0.4, 0.5) is 5.69 Å². The van der Waals surface area contributed by atoms with Gasteiger partial charge in [-0.2, -0.15) is 4.37 Å². The molecule has 186 valence electrons. The van der Waals surface area contributed by atoms with E-state index in [9.17, 15) is 14.4 Å². The highest BCUT2D eigenvalue weighted by Crippen LogP contribution is 2.31. The predicted molar refractivity (Wildman–Crippen MR) is 133 cm³/mol. The van der Waals surface area contributed by atoms with Crippen LogP contribution in [0.1, 0.15) is 58.3 Å². The molecular formula is C22H32N6O4S2. The van der Waals surface area contributed by atoms with E-state index in [1.165, 1.54) is 16.2 Å². The standard InChI is InChI=1S/C22H32N6O4S2/c1-22(2,3)25-20(30)17(14-6-4-13-33-14)28(8-5-7-27-9-11-32-12-10-27)21(31)18-15(23)16(19(24)29)26-34-18/h4,6,13,17H,5,7-12,23H2,1-3H3,(H2,24,29)(H,25,30). The van der Waals surface area contributed by atoms with Crippen LogP contribution in [0.25, 0.3) is 0 Å². The summed E-state index contributed by atoms with van der Waals surface area (Å²) in [4.78, 5) is 43.5. The van der Waals surface area contributed by atoms with E-state index >= 15 is 0 Å². The summed E-state index contributed by atoms with van der Waals surface area (Å²) in [5, 5.41) is 4.87. The smallest absolute Gasteiger partial charge is 0.270 e. The molecule has 0 aliphatic carbocycles. The van der Waals surface area contributed by atoms with E-state index in [4.69, 9.17) is 16.2 Å². The van der Waals surface area contributed by atoms with Gasteiger partial charge >= 0.3 is 0 Å². The number of aromatic nitrogens is 1. The van der Waals surface area contributed by atoms with Crippen molar-refractivity contribution in [3.05, 3.63) is 33.0 Å². The Labute approximate surface area is 207 Å². The molecule has 2 aromatic rings. The Balaban J connectivity index is 1.92. The lowest BCUT2D eigenvalue weighted by atomic mass is 10.1. The van der Waals surface area contributed by atoms with E-state index in [2.05, 4.69) is 14.6 Å². The summed E-state index contributed by atoms with van der Waals surface area (Å²) in [6.07, 6.45) is 0.651. The Morgan fingerprint density at radius 3 is 2.56 bits per heavy atom. The van der Waals surface area contributed by atoms with Crippen LogP contribution >= 0.6 is 22.9 Å². The number of nitrogen functional groups attached to an aromatic ring is 1. The monoisotopic (exact) mass is 508 g/mol. The highest BCUT2D eigenvalue weighted by atomic mass is 32.1. The summed E-state index contributed by atoms with van der Waals surface area (Å²) in [5.74, 6) is -1.54. The topological polar surface area (TPSA) is 144 Å². The summed E-state index contributed by atoms with van der Waals surface area (Å²) in [7, 11) is 0. The van der Waals surface area contributed by atoms with Crippen LogP contribution in [0, 0.1) is 0 Å². The quantitative estimate of drug-likeness (QED) is 0.468. The zero-order chi connectivity index (χ0) is 24.9. The van der Waals surface area contributed by atoms with E-state index in [0.29, 0.717) is 26.2 Å². The third-order valence-electron chi connectivity index (χ3n) is 5.26. The molecule has 12 heteroatoms. The molecule has 3 heterocycles. The number of thiophene rings is 1. The average Bonchev–Trinajstić information content (AvgIpc) is 3.42. The van der Waals surface area contributed by atoms with E-state index in [0.717, 1.165) is 36.0 Å². The molecule has 1 atom stereocenters. The van der Waals surface area contributed by atoms with Gasteiger partial charge in [0.2, 0.25) is 5.91 Å². The summed E-state index contributed by atoms with van der Waals surface area (Å²) < 4.78 is 9.38. The van der Waals surface area contributed by atoms with Gasteiger partial charge in [0.1, 0.15) is 10.9 Å². The molecule has 0 radical (unpaired) electrons. The molecular weight excluding hydrogens is 476 g/mol. The second-order valence-corrected chi connectivity index (χ2v) is 10.9. The molecule has 0 spiro atoms. The number of hydrogen-bond acceptors (Lipinski definition) is 9. The number of morpholine rings is 1. The lowest BCUT2D eigenvalue weighted by Gasteiger charge is -2.33. The number of rotatable bonds is 9. The van der Waals surface area contributed by atoms with Crippen molar-refractivity contribution in [2.75, 3.05) is 45.1 Å². The first kappa shape index (κ1) is 26.1. The van der Waals surface area contributed by atoms with Crippen LogP contribution in [0.5, 0.6) is 0 Å². The number of carbonyl (C=O) groups excluding carboxylic acids is 3. The van der Waals surface area contributed by atoms with Crippen molar-refractivity contribution < 1.29 is 19.1 Å². The summed E-state index contributed by atoms with van der Waals surface area (Å²) >= 11 is 2.22. The van der Waals surface area contributed by atoms with Crippen molar-refractivity contribution >= 4 is 46.3 Å². The molecule has 3 amide bonds.